The minimum absolute atomic E-state index is 0.136. The van der Waals surface area contributed by atoms with Gasteiger partial charge in [-0.05, 0) is 12.1 Å². The highest BCUT2D eigenvalue weighted by atomic mass is 19.1. The van der Waals surface area contributed by atoms with E-state index in [1.807, 2.05) is 0 Å². The molecule has 1 amide bonds. The first-order valence-corrected chi connectivity index (χ1v) is 7.18. The number of carbonyl (C=O) groups excluding carboxylic acids is 1. The molecule has 2 atom stereocenters. The van der Waals surface area contributed by atoms with Crippen molar-refractivity contribution in [3.63, 3.8) is 0 Å². The predicted octanol–water partition coefficient (Wildman–Crippen LogP) is 0.850. The largest absolute Gasteiger partial charge is 0.382 e. The van der Waals surface area contributed by atoms with E-state index in [2.05, 4.69) is 10.5 Å². The summed E-state index contributed by atoms with van der Waals surface area (Å²) in [6.07, 6.45) is -0.511. The van der Waals surface area contributed by atoms with Gasteiger partial charge in [0.2, 0.25) is 6.10 Å². The number of nitrogens with one attached hydrogen (secondary N) is 1. The minimum atomic E-state index is -0.692. The average Bonchev–Trinajstić information content (AvgIpc) is 3.04. The van der Waals surface area contributed by atoms with E-state index in [-0.39, 0.29) is 17.8 Å². The topological polar surface area (TPSA) is 69.2 Å². The third-order valence-corrected chi connectivity index (χ3v) is 3.51. The van der Waals surface area contributed by atoms with Crippen molar-refractivity contribution in [2.45, 2.75) is 18.6 Å². The van der Waals surface area contributed by atoms with Crippen LogP contribution in [0.15, 0.2) is 29.4 Å². The van der Waals surface area contributed by atoms with Crippen LogP contribution in [-0.2, 0) is 19.1 Å². The van der Waals surface area contributed by atoms with Gasteiger partial charge in [0, 0.05) is 18.5 Å². The fourth-order valence-electron chi connectivity index (χ4n) is 2.34. The fourth-order valence-corrected chi connectivity index (χ4v) is 2.34. The van der Waals surface area contributed by atoms with E-state index < -0.39 is 6.10 Å². The second kappa shape index (κ2) is 6.85. The van der Waals surface area contributed by atoms with Crippen molar-refractivity contribution in [3.05, 3.63) is 35.6 Å². The van der Waals surface area contributed by atoms with E-state index in [9.17, 15) is 9.18 Å². The van der Waals surface area contributed by atoms with Crippen molar-refractivity contribution in [2.75, 3.05) is 26.4 Å². The van der Waals surface area contributed by atoms with Crippen molar-refractivity contribution >= 4 is 11.6 Å². The summed E-state index contributed by atoms with van der Waals surface area (Å²) in [7, 11) is 0. The van der Waals surface area contributed by atoms with Gasteiger partial charge in [-0.25, -0.2) is 4.39 Å². The Morgan fingerprint density at radius 2 is 2.32 bits per heavy atom. The summed E-state index contributed by atoms with van der Waals surface area (Å²) in [4.78, 5) is 17.2. The quantitative estimate of drug-likeness (QED) is 0.895. The molecule has 2 aliphatic rings. The number of benzene rings is 1. The van der Waals surface area contributed by atoms with Crippen LogP contribution in [0.5, 0.6) is 0 Å². The van der Waals surface area contributed by atoms with Gasteiger partial charge in [-0.3, -0.25) is 4.79 Å². The molecule has 0 saturated carbocycles. The lowest BCUT2D eigenvalue weighted by Crippen LogP contribution is -2.43. The molecule has 1 saturated heterocycles. The molecule has 0 spiro atoms. The summed E-state index contributed by atoms with van der Waals surface area (Å²) < 4.78 is 23.9. The molecular weight excluding hydrogens is 291 g/mol. The normalized spacial score (nSPS) is 24.5. The summed E-state index contributed by atoms with van der Waals surface area (Å²) in [6.45, 7) is 1.96. The summed E-state index contributed by atoms with van der Waals surface area (Å²) in [6, 6.07) is 6.06. The van der Waals surface area contributed by atoms with E-state index in [1.54, 1.807) is 12.1 Å². The van der Waals surface area contributed by atoms with Gasteiger partial charge >= 0.3 is 0 Å². The molecule has 7 heteroatoms. The molecule has 1 aromatic rings. The van der Waals surface area contributed by atoms with Gasteiger partial charge in [-0.2, -0.15) is 0 Å². The Balaban J connectivity index is 1.49. The highest BCUT2D eigenvalue weighted by Crippen LogP contribution is 2.17. The predicted molar refractivity (Wildman–Crippen MR) is 76.0 cm³/mol. The van der Waals surface area contributed by atoms with Crippen LogP contribution in [0.3, 0.4) is 0 Å². The minimum Gasteiger partial charge on any atom is -0.382 e. The summed E-state index contributed by atoms with van der Waals surface area (Å²) >= 11 is 0. The molecule has 1 fully saturated rings. The van der Waals surface area contributed by atoms with Crippen LogP contribution in [0.1, 0.15) is 12.0 Å². The van der Waals surface area contributed by atoms with Crippen LogP contribution in [0.4, 0.5) is 4.39 Å². The molecule has 6 nitrogen and oxygen atoms in total. The fraction of sp³-hybridized carbons (Fsp3) is 0.467. The summed E-state index contributed by atoms with van der Waals surface area (Å²) in [5, 5.41) is 6.64. The molecule has 2 heterocycles. The third kappa shape index (κ3) is 3.61. The number of hydrogen-bond acceptors (Lipinski definition) is 5. The molecule has 2 aliphatic heterocycles. The number of ether oxygens (including phenoxy) is 2. The maximum absolute atomic E-state index is 13.2. The van der Waals surface area contributed by atoms with Crippen LogP contribution in [0.2, 0.25) is 0 Å². The van der Waals surface area contributed by atoms with E-state index in [4.69, 9.17) is 14.3 Å². The highest BCUT2D eigenvalue weighted by Gasteiger charge is 2.29. The highest BCUT2D eigenvalue weighted by molar-refractivity contribution is 6.04. The van der Waals surface area contributed by atoms with Gasteiger partial charge in [0.05, 0.1) is 31.6 Å². The van der Waals surface area contributed by atoms with E-state index in [0.717, 1.165) is 0 Å². The molecular formula is C15H17FN2O4. The number of nitrogens with zero attached hydrogens (tertiary/aromatic N) is 1. The van der Waals surface area contributed by atoms with Crippen molar-refractivity contribution in [3.8, 4) is 0 Å². The number of carbonyl (C=O) groups is 1. The number of amides is 1. The molecule has 118 valence electrons. The smallest absolute Gasteiger partial charge is 0.264 e. The van der Waals surface area contributed by atoms with Gasteiger partial charge in [0.25, 0.3) is 5.91 Å². The van der Waals surface area contributed by atoms with Crippen LogP contribution >= 0.6 is 0 Å². The number of halogens is 1. The van der Waals surface area contributed by atoms with Gasteiger partial charge in [0.1, 0.15) is 5.82 Å². The van der Waals surface area contributed by atoms with E-state index in [0.29, 0.717) is 44.1 Å². The first kappa shape index (κ1) is 14.9. The van der Waals surface area contributed by atoms with Crippen LogP contribution < -0.4 is 5.32 Å². The zero-order valence-electron chi connectivity index (χ0n) is 12.0. The van der Waals surface area contributed by atoms with Crippen LogP contribution in [-0.4, -0.2) is 50.2 Å². The standard InChI is InChI=1S/C15H17FN2O4/c16-11-3-1-2-10(6-11)13-7-14(22-18-13)15(19)17-8-12-9-20-4-5-21-12/h1-3,6,12,14H,4-5,7-9H2,(H,17,19). The maximum atomic E-state index is 13.2. The van der Waals surface area contributed by atoms with E-state index in [1.165, 1.54) is 12.1 Å². The van der Waals surface area contributed by atoms with Crippen LogP contribution in [0, 0.1) is 5.82 Å². The Morgan fingerprint density at radius 1 is 1.41 bits per heavy atom. The average molecular weight is 308 g/mol. The third-order valence-electron chi connectivity index (χ3n) is 3.51. The molecule has 1 N–H and O–H groups in total. The van der Waals surface area contributed by atoms with Gasteiger partial charge in [-0.1, -0.05) is 17.3 Å². The Labute approximate surface area is 127 Å². The molecule has 0 aliphatic carbocycles. The van der Waals surface area contributed by atoms with Crippen molar-refractivity contribution in [1.29, 1.82) is 0 Å². The van der Waals surface area contributed by atoms with Gasteiger partial charge in [0.15, 0.2) is 0 Å². The monoisotopic (exact) mass is 308 g/mol. The van der Waals surface area contributed by atoms with Crippen molar-refractivity contribution in [1.82, 2.24) is 5.32 Å². The van der Waals surface area contributed by atoms with Crippen molar-refractivity contribution in [2.24, 2.45) is 5.16 Å². The number of hydrogen-bond donors (Lipinski definition) is 1. The maximum Gasteiger partial charge on any atom is 0.264 e. The Hall–Kier alpha value is -1.99. The molecule has 3 rings (SSSR count). The molecule has 22 heavy (non-hydrogen) atoms. The summed E-state index contributed by atoms with van der Waals surface area (Å²) in [5.41, 5.74) is 1.19. The lowest BCUT2D eigenvalue weighted by atomic mass is 10.0. The SMILES string of the molecule is O=C(NCC1COCCO1)C1CC(c2cccc(F)c2)=NO1. The number of rotatable bonds is 4. The first-order chi connectivity index (χ1) is 10.7. The van der Waals surface area contributed by atoms with Gasteiger partial charge in [-0.15, -0.1) is 0 Å². The Bertz CT molecular complexity index is 572. The molecule has 0 aromatic heterocycles. The first-order valence-electron chi connectivity index (χ1n) is 7.18. The molecule has 2 unspecified atom stereocenters. The lowest BCUT2D eigenvalue weighted by Gasteiger charge is -2.23. The molecule has 0 bridgehead atoms. The van der Waals surface area contributed by atoms with Gasteiger partial charge < -0.3 is 19.6 Å². The molecule has 1 aromatic carbocycles. The second-order valence-corrected chi connectivity index (χ2v) is 5.16. The molecule has 0 radical (unpaired) electrons. The van der Waals surface area contributed by atoms with Crippen molar-refractivity contribution < 1.29 is 23.5 Å². The Kier molecular flexibility index (Phi) is 4.65. The second-order valence-electron chi connectivity index (χ2n) is 5.16. The zero-order valence-corrected chi connectivity index (χ0v) is 12.0. The zero-order chi connectivity index (χ0) is 15.4. The number of oxime groups is 1. The van der Waals surface area contributed by atoms with Crippen LogP contribution in [0.25, 0.3) is 0 Å². The Morgan fingerprint density at radius 3 is 3.09 bits per heavy atom. The summed E-state index contributed by atoms with van der Waals surface area (Å²) in [5.74, 6) is -0.605. The van der Waals surface area contributed by atoms with E-state index >= 15 is 0 Å². The lowest BCUT2D eigenvalue weighted by molar-refractivity contribution is -0.133.